The van der Waals surface area contributed by atoms with Crippen molar-refractivity contribution in [3.05, 3.63) is 0 Å². The zero-order valence-electron chi connectivity index (χ0n) is 14.8. The van der Waals surface area contributed by atoms with Gasteiger partial charge in [0, 0.05) is 18.1 Å². The third kappa shape index (κ3) is 14.7. The topological polar surface area (TPSA) is 191 Å². The maximum absolute atomic E-state index is 11.2. The Hall–Kier alpha value is -1.66. The first-order valence-corrected chi connectivity index (χ1v) is 9.66. The van der Waals surface area contributed by atoms with Crippen LogP contribution in [0.15, 0.2) is 4.99 Å². The van der Waals surface area contributed by atoms with Gasteiger partial charge >= 0.3 is 17.9 Å². The van der Waals surface area contributed by atoms with Crippen LogP contribution in [0.1, 0.15) is 19.8 Å². The fourth-order valence-corrected chi connectivity index (χ4v) is 1.94. The molecule has 0 fully saturated rings. The van der Waals surface area contributed by atoms with Gasteiger partial charge in [0.1, 0.15) is 6.04 Å². The highest BCUT2D eigenvalue weighted by Crippen LogP contribution is 2.07. The molecule has 0 aliphatic heterocycles. The van der Waals surface area contributed by atoms with Gasteiger partial charge in [-0.05, 0) is 19.1 Å². The molecule has 0 saturated heterocycles. The van der Waals surface area contributed by atoms with Crippen LogP contribution in [-0.2, 0) is 19.1 Å². The van der Waals surface area contributed by atoms with Gasteiger partial charge in [0.15, 0.2) is 5.96 Å². The molecular formula is C14H28N4O6S2. The minimum absolute atomic E-state index is 0.0129. The van der Waals surface area contributed by atoms with Gasteiger partial charge in [0.05, 0.1) is 5.92 Å². The normalized spacial score (nSPS) is 13.4. The lowest BCUT2D eigenvalue weighted by Crippen LogP contribution is -2.31. The molecule has 3 atom stereocenters. The third-order valence-corrected chi connectivity index (χ3v) is 4.00. The van der Waals surface area contributed by atoms with Crippen LogP contribution in [0.25, 0.3) is 0 Å². The van der Waals surface area contributed by atoms with Crippen molar-refractivity contribution in [3.63, 3.8) is 0 Å². The van der Waals surface area contributed by atoms with Crippen molar-refractivity contribution in [2.75, 3.05) is 24.3 Å². The number of rotatable bonds is 11. The lowest BCUT2D eigenvalue weighted by Gasteiger charge is -2.14. The summed E-state index contributed by atoms with van der Waals surface area (Å²) in [6, 6.07) is -0.820. The average Bonchev–Trinajstić information content (AvgIpc) is 2.57. The predicted molar refractivity (Wildman–Crippen MR) is 104 cm³/mol. The first kappa shape index (κ1) is 26.6. The fourth-order valence-electron chi connectivity index (χ4n) is 1.28. The van der Waals surface area contributed by atoms with Crippen molar-refractivity contribution in [1.29, 1.82) is 0 Å². The number of carbonyl (C=O) groups excluding carboxylic acids is 1. The van der Waals surface area contributed by atoms with Gasteiger partial charge in [-0.25, -0.2) is 4.79 Å². The average molecular weight is 413 g/mol. The van der Waals surface area contributed by atoms with Crippen molar-refractivity contribution in [2.45, 2.75) is 31.9 Å². The highest BCUT2D eigenvalue weighted by Gasteiger charge is 2.24. The van der Waals surface area contributed by atoms with E-state index >= 15 is 0 Å². The second-order valence-electron chi connectivity index (χ2n) is 5.20. The Morgan fingerprint density at radius 3 is 2.19 bits per heavy atom. The molecule has 0 radical (unpaired) electrons. The van der Waals surface area contributed by atoms with Crippen LogP contribution < -0.4 is 17.2 Å². The number of hydrogen-bond donors (Lipinski definition) is 6. The van der Waals surface area contributed by atoms with Crippen LogP contribution in [-0.4, -0.2) is 70.5 Å². The Morgan fingerprint density at radius 1 is 1.23 bits per heavy atom. The summed E-state index contributed by atoms with van der Waals surface area (Å²) in [5.74, 6) is -2.37. The number of guanidine groups is 1. The largest absolute Gasteiger partial charge is 0.480 e. The first-order valence-electron chi connectivity index (χ1n) is 7.63. The molecule has 0 heterocycles. The van der Waals surface area contributed by atoms with E-state index in [0.717, 1.165) is 0 Å². The number of thiol groups is 1. The molecule has 0 aromatic carbocycles. The lowest BCUT2D eigenvalue weighted by atomic mass is 10.2. The monoisotopic (exact) mass is 412 g/mol. The zero-order valence-corrected chi connectivity index (χ0v) is 16.5. The van der Waals surface area contributed by atoms with E-state index in [1.807, 2.05) is 0 Å². The Kier molecular flexibility index (Phi) is 15.9. The Balaban J connectivity index is 0. The number of nitrogens with two attached hydrogens (primary N) is 3. The van der Waals surface area contributed by atoms with Crippen LogP contribution in [0.3, 0.4) is 0 Å². The van der Waals surface area contributed by atoms with E-state index in [9.17, 15) is 14.4 Å². The second-order valence-corrected chi connectivity index (χ2v) is 6.47. The van der Waals surface area contributed by atoms with Gasteiger partial charge in [-0.3, -0.25) is 14.6 Å². The molecular weight excluding hydrogens is 384 g/mol. The molecule has 0 bridgehead atoms. The van der Waals surface area contributed by atoms with Gasteiger partial charge in [0.25, 0.3) is 0 Å². The number of nitrogens with zero attached hydrogens (tertiary/aromatic N) is 1. The summed E-state index contributed by atoms with van der Waals surface area (Å²) in [5, 5.41) is 17.1. The molecule has 8 N–H and O–H groups in total. The molecule has 0 aromatic rings. The molecule has 26 heavy (non-hydrogen) atoms. The molecule has 0 aliphatic rings. The highest BCUT2D eigenvalue weighted by atomic mass is 32.2. The van der Waals surface area contributed by atoms with Gasteiger partial charge in [-0.2, -0.15) is 24.4 Å². The highest BCUT2D eigenvalue weighted by molar-refractivity contribution is 7.98. The summed E-state index contributed by atoms with van der Waals surface area (Å²) < 4.78 is 4.80. The molecule has 12 heteroatoms. The molecule has 0 spiro atoms. The molecule has 0 aromatic heterocycles. The van der Waals surface area contributed by atoms with Crippen LogP contribution in [0.4, 0.5) is 0 Å². The van der Waals surface area contributed by atoms with E-state index in [4.69, 9.17) is 32.2 Å². The summed E-state index contributed by atoms with van der Waals surface area (Å²) in [4.78, 5) is 35.7. The number of esters is 1. The van der Waals surface area contributed by atoms with E-state index in [1.165, 1.54) is 11.8 Å². The van der Waals surface area contributed by atoms with E-state index < -0.39 is 30.1 Å². The number of carbonyl (C=O) groups is 3. The van der Waals surface area contributed by atoms with Crippen LogP contribution >= 0.6 is 24.4 Å². The maximum atomic E-state index is 11.2. The Labute approximate surface area is 162 Å². The lowest BCUT2D eigenvalue weighted by molar-refractivity contribution is -0.164. The molecule has 0 aliphatic carbocycles. The molecule has 0 saturated carbocycles. The summed E-state index contributed by atoms with van der Waals surface area (Å²) in [5.41, 5.74) is 15.3. The van der Waals surface area contributed by atoms with Gasteiger partial charge in [0.2, 0.25) is 6.10 Å². The minimum Gasteiger partial charge on any atom is -0.480 e. The van der Waals surface area contributed by atoms with E-state index in [0.29, 0.717) is 25.1 Å². The number of hydrogen-bond acceptors (Lipinski definition) is 8. The van der Waals surface area contributed by atoms with Crippen LogP contribution in [0.5, 0.6) is 0 Å². The van der Waals surface area contributed by atoms with Gasteiger partial charge in [-0.15, -0.1) is 0 Å². The predicted octanol–water partition coefficient (Wildman–Crippen LogP) is -0.636. The minimum atomic E-state index is -1.11. The van der Waals surface area contributed by atoms with Crippen LogP contribution in [0, 0.1) is 5.92 Å². The summed E-state index contributed by atoms with van der Waals surface area (Å²) in [7, 11) is 0. The SMILES string of the molecule is CSC[C@H](OC(=O)[C@H](C)CS)C(=O)O.NC(N)=NCCC[C@H](N)C(=O)O. The quantitative estimate of drug-likeness (QED) is 0.0836. The van der Waals surface area contributed by atoms with E-state index in [2.05, 4.69) is 17.6 Å². The molecule has 10 nitrogen and oxygen atoms in total. The standard InChI is InChI=1S/C8H14O4S2.C6H14N4O2/c1-5(3-13)8(11)12-6(4-14-2)7(9)10;7-4(5(11)12)2-1-3-10-6(8)9/h5-6,13H,3-4H2,1-2H3,(H,9,10);4H,1-3,7H2,(H,11,12)(H4,8,9,10)/t5-,6+;4-/m10/s1. The van der Waals surface area contributed by atoms with Gasteiger partial charge in [-0.1, -0.05) is 6.92 Å². The number of carboxylic acid groups (broad SMARTS) is 2. The summed E-state index contributed by atoms with van der Waals surface area (Å²) in [6.45, 7) is 2.07. The third-order valence-electron chi connectivity index (χ3n) is 2.81. The van der Waals surface area contributed by atoms with E-state index in [1.54, 1.807) is 13.2 Å². The first-order chi connectivity index (χ1) is 12.1. The number of ether oxygens (including phenoxy) is 1. The van der Waals surface area contributed by atoms with Crippen molar-refractivity contribution in [1.82, 2.24) is 0 Å². The number of aliphatic carboxylic acids is 2. The molecule has 0 rings (SSSR count). The number of carboxylic acids is 2. The van der Waals surface area contributed by atoms with Crippen molar-refractivity contribution >= 4 is 48.3 Å². The van der Waals surface area contributed by atoms with Crippen molar-refractivity contribution < 1.29 is 29.3 Å². The van der Waals surface area contributed by atoms with Crippen molar-refractivity contribution in [2.24, 2.45) is 28.1 Å². The molecule has 152 valence electrons. The smallest absolute Gasteiger partial charge is 0.345 e. The number of thioether (sulfide) groups is 1. The maximum Gasteiger partial charge on any atom is 0.345 e. The molecule has 0 unspecified atom stereocenters. The summed E-state index contributed by atoms with van der Waals surface area (Å²) in [6.07, 6.45) is 1.66. The summed E-state index contributed by atoms with van der Waals surface area (Å²) >= 11 is 5.25. The van der Waals surface area contributed by atoms with Crippen LogP contribution in [0.2, 0.25) is 0 Å². The zero-order chi connectivity index (χ0) is 20.7. The Bertz CT molecular complexity index is 474. The fraction of sp³-hybridized carbons (Fsp3) is 0.714. The number of aliphatic imine (C=N–C) groups is 1. The van der Waals surface area contributed by atoms with Gasteiger partial charge < -0.3 is 32.2 Å². The molecule has 0 amide bonds. The Morgan fingerprint density at radius 2 is 1.81 bits per heavy atom. The van der Waals surface area contributed by atoms with Crippen molar-refractivity contribution in [3.8, 4) is 0 Å². The van der Waals surface area contributed by atoms with E-state index in [-0.39, 0.29) is 17.6 Å². The second kappa shape index (κ2) is 15.6.